The van der Waals surface area contributed by atoms with Crippen molar-refractivity contribution in [1.82, 2.24) is 5.16 Å². The lowest BCUT2D eigenvalue weighted by molar-refractivity contribution is -0.120. The van der Waals surface area contributed by atoms with Gasteiger partial charge in [0.05, 0.1) is 16.3 Å². The summed E-state index contributed by atoms with van der Waals surface area (Å²) < 4.78 is 32.8. The molecule has 4 rings (SSSR count). The summed E-state index contributed by atoms with van der Waals surface area (Å²) >= 11 is 6.21. The summed E-state index contributed by atoms with van der Waals surface area (Å²) in [5, 5.41) is 6.33. The first kappa shape index (κ1) is 25.5. The molecule has 0 bridgehead atoms. The van der Waals surface area contributed by atoms with Crippen molar-refractivity contribution >= 4 is 50.7 Å². The number of anilines is 3. The third kappa shape index (κ3) is 5.00. The second-order valence-electron chi connectivity index (χ2n) is 8.38. The van der Waals surface area contributed by atoms with Crippen molar-refractivity contribution in [3.63, 3.8) is 0 Å². The Balaban J connectivity index is 1.48. The molecule has 2 N–H and O–H groups in total. The Morgan fingerprint density at radius 2 is 1.67 bits per heavy atom. The lowest BCUT2D eigenvalue weighted by Crippen LogP contribution is -2.32. The average Bonchev–Trinajstić information content (AvgIpc) is 3.28. The van der Waals surface area contributed by atoms with Crippen molar-refractivity contribution in [2.75, 3.05) is 14.9 Å². The van der Waals surface area contributed by atoms with Crippen molar-refractivity contribution in [1.29, 1.82) is 0 Å². The van der Waals surface area contributed by atoms with Gasteiger partial charge in [0.15, 0.2) is 0 Å². The SMILES string of the molecule is CCCCc1ccc(N2C(=O)C(Cl)=C(Nc3ccc(S(=O)(=O)Nc4onc(C)c4C)cc3)C2=O)cc1. The van der Waals surface area contributed by atoms with E-state index in [1.807, 2.05) is 12.1 Å². The number of amides is 2. The first-order chi connectivity index (χ1) is 17.1. The predicted octanol–water partition coefficient (Wildman–Crippen LogP) is 4.87. The molecule has 0 saturated heterocycles. The molecule has 2 heterocycles. The topological polar surface area (TPSA) is 122 Å². The van der Waals surface area contributed by atoms with E-state index in [4.69, 9.17) is 16.1 Å². The van der Waals surface area contributed by atoms with Crippen LogP contribution in [-0.4, -0.2) is 25.4 Å². The fourth-order valence-corrected chi connectivity index (χ4v) is 4.85. The van der Waals surface area contributed by atoms with E-state index in [-0.39, 0.29) is 21.5 Å². The van der Waals surface area contributed by atoms with Gasteiger partial charge in [-0.05, 0) is 68.7 Å². The number of carbonyl (C=O) groups excluding carboxylic acids is 2. The van der Waals surface area contributed by atoms with Gasteiger partial charge in [-0.1, -0.05) is 42.2 Å². The number of benzene rings is 2. The van der Waals surface area contributed by atoms with Crippen LogP contribution in [0.1, 0.15) is 36.6 Å². The van der Waals surface area contributed by atoms with Gasteiger partial charge in [-0.15, -0.1) is 0 Å². The highest BCUT2D eigenvalue weighted by Gasteiger charge is 2.39. The number of hydrogen-bond acceptors (Lipinski definition) is 7. The number of aryl methyl sites for hydroxylation is 2. The Morgan fingerprint density at radius 3 is 2.25 bits per heavy atom. The van der Waals surface area contributed by atoms with E-state index in [0.29, 0.717) is 22.6 Å². The maximum atomic E-state index is 13.0. The molecular formula is C25H25ClN4O5S. The van der Waals surface area contributed by atoms with Crippen LogP contribution in [0.2, 0.25) is 0 Å². The van der Waals surface area contributed by atoms with Gasteiger partial charge in [0, 0.05) is 11.3 Å². The molecule has 2 aromatic carbocycles. The quantitative estimate of drug-likeness (QED) is 0.380. The van der Waals surface area contributed by atoms with Gasteiger partial charge < -0.3 is 9.84 Å². The van der Waals surface area contributed by atoms with Gasteiger partial charge in [0.1, 0.15) is 10.7 Å². The van der Waals surface area contributed by atoms with Crippen LogP contribution in [-0.2, 0) is 26.0 Å². The normalized spacial score (nSPS) is 14.1. The highest BCUT2D eigenvalue weighted by Crippen LogP contribution is 2.31. The zero-order valence-corrected chi connectivity index (χ0v) is 21.5. The minimum Gasteiger partial charge on any atom is -0.350 e. The Hall–Kier alpha value is -3.63. The van der Waals surface area contributed by atoms with Crippen molar-refractivity contribution < 1.29 is 22.5 Å². The summed E-state index contributed by atoms with van der Waals surface area (Å²) in [6.07, 6.45) is 3.05. The van der Waals surface area contributed by atoms with E-state index >= 15 is 0 Å². The Morgan fingerprint density at radius 1 is 1.00 bits per heavy atom. The van der Waals surface area contributed by atoms with Crippen LogP contribution in [0.3, 0.4) is 0 Å². The summed E-state index contributed by atoms with van der Waals surface area (Å²) in [4.78, 5) is 26.8. The molecule has 11 heteroatoms. The molecule has 2 amide bonds. The molecule has 188 valence electrons. The maximum absolute atomic E-state index is 13.0. The smallest absolute Gasteiger partial charge is 0.283 e. The number of halogens is 1. The first-order valence-electron chi connectivity index (χ1n) is 11.3. The molecule has 0 atom stereocenters. The predicted molar refractivity (Wildman–Crippen MR) is 137 cm³/mol. The Bertz CT molecular complexity index is 1440. The van der Waals surface area contributed by atoms with Gasteiger partial charge in [-0.3, -0.25) is 9.59 Å². The molecule has 1 aliphatic heterocycles. The van der Waals surface area contributed by atoms with E-state index in [1.54, 1.807) is 26.0 Å². The van der Waals surface area contributed by atoms with Gasteiger partial charge in [-0.2, -0.15) is 0 Å². The highest BCUT2D eigenvalue weighted by molar-refractivity contribution is 7.92. The molecule has 9 nitrogen and oxygen atoms in total. The minimum absolute atomic E-state index is 0.0276. The third-order valence-electron chi connectivity index (χ3n) is 5.86. The van der Waals surface area contributed by atoms with Gasteiger partial charge >= 0.3 is 0 Å². The lowest BCUT2D eigenvalue weighted by Gasteiger charge is -2.15. The van der Waals surface area contributed by atoms with Crippen molar-refractivity contribution in [3.8, 4) is 0 Å². The zero-order chi connectivity index (χ0) is 26.0. The number of carbonyl (C=O) groups is 2. The second-order valence-corrected chi connectivity index (χ2v) is 10.4. The monoisotopic (exact) mass is 528 g/mol. The van der Waals surface area contributed by atoms with Crippen LogP contribution in [0.25, 0.3) is 0 Å². The van der Waals surface area contributed by atoms with Crippen molar-refractivity contribution in [3.05, 3.63) is 76.1 Å². The standard InChI is InChI=1S/C25H25ClN4O5S/c1-4-5-6-17-7-11-19(12-8-17)30-24(31)21(26)22(25(30)32)27-18-9-13-20(14-10-18)36(33,34)29-23-15(2)16(3)28-35-23/h7-14,27,29H,4-6H2,1-3H3. The van der Waals surface area contributed by atoms with E-state index in [0.717, 1.165) is 29.7 Å². The van der Waals surface area contributed by atoms with E-state index in [1.165, 1.54) is 24.3 Å². The summed E-state index contributed by atoms with van der Waals surface area (Å²) in [5.74, 6) is -1.19. The van der Waals surface area contributed by atoms with Gasteiger partial charge in [-0.25, -0.2) is 18.0 Å². The summed E-state index contributed by atoms with van der Waals surface area (Å²) in [7, 11) is -3.93. The number of nitrogens with zero attached hydrogens (tertiary/aromatic N) is 2. The van der Waals surface area contributed by atoms with Crippen LogP contribution < -0.4 is 14.9 Å². The van der Waals surface area contributed by atoms with Crippen LogP contribution in [0.5, 0.6) is 0 Å². The molecule has 1 aromatic heterocycles. The molecule has 3 aromatic rings. The number of hydrogen-bond donors (Lipinski definition) is 2. The highest BCUT2D eigenvalue weighted by atomic mass is 35.5. The minimum atomic E-state index is -3.93. The summed E-state index contributed by atoms with van der Waals surface area (Å²) in [6.45, 7) is 5.51. The molecule has 0 spiro atoms. The summed E-state index contributed by atoms with van der Waals surface area (Å²) in [6, 6.07) is 12.9. The van der Waals surface area contributed by atoms with Crippen LogP contribution in [0, 0.1) is 13.8 Å². The van der Waals surface area contributed by atoms with Crippen molar-refractivity contribution in [2.45, 2.75) is 44.9 Å². The number of imide groups is 1. The zero-order valence-electron chi connectivity index (χ0n) is 20.0. The first-order valence-corrected chi connectivity index (χ1v) is 13.2. The lowest BCUT2D eigenvalue weighted by atomic mass is 10.1. The van der Waals surface area contributed by atoms with E-state index < -0.39 is 21.8 Å². The molecule has 0 fully saturated rings. The maximum Gasteiger partial charge on any atom is 0.283 e. The molecule has 0 radical (unpaired) electrons. The summed E-state index contributed by atoms with van der Waals surface area (Å²) in [5.41, 5.74) is 3.00. The molecular weight excluding hydrogens is 504 g/mol. The Kier molecular flexibility index (Phi) is 7.18. The fraction of sp³-hybridized carbons (Fsp3) is 0.240. The largest absolute Gasteiger partial charge is 0.350 e. The van der Waals surface area contributed by atoms with Crippen LogP contribution in [0.4, 0.5) is 17.3 Å². The van der Waals surface area contributed by atoms with E-state index in [9.17, 15) is 18.0 Å². The van der Waals surface area contributed by atoms with Gasteiger partial charge in [0.25, 0.3) is 21.8 Å². The number of rotatable bonds is 9. The molecule has 0 aliphatic carbocycles. The average molecular weight is 529 g/mol. The van der Waals surface area contributed by atoms with Gasteiger partial charge in [0.2, 0.25) is 5.88 Å². The number of nitrogens with one attached hydrogen (secondary N) is 2. The molecule has 0 saturated carbocycles. The molecule has 1 aliphatic rings. The van der Waals surface area contributed by atoms with E-state index in [2.05, 4.69) is 22.1 Å². The molecule has 36 heavy (non-hydrogen) atoms. The van der Waals surface area contributed by atoms with Crippen LogP contribution in [0.15, 0.2) is 68.7 Å². The van der Waals surface area contributed by atoms with Crippen LogP contribution >= 0.6 is 11.6 Å². The number of aromatic nitrogens is 1. The number of sulfonamides is 1. The Labute approximate surface area is 214 Å². The fourth-order valence-electron chi connectivity index (χ4n) is 3.59. The second kappa shape index (κ2) is 10.2. The third-order valence-corrected chi connectivity index (χ3v) is 7.56. The van der Waals surface area contributed by atoms with Crippen molar-refractivity contribution in [2.24, 2.45) is 0 Å². The number of unbranched alkanes of at least 4 members (excludes halogenated alkanes) is 1. The molecule has 0 unspecified atom stereocenters.